The zero-order chi connectivity index (χ0) is 15.6. The molecule has 0 bridgehead atoms. The van der Waals surface area contributed by atoms with E-state index in [1.807, 2.05) is 26.0 Å². The maximum Gasteiger partial charge on any atom is 0.416 e. The Kier molecular flexibility index (Phi) is 4.11. The van der Waals surface area contributed by atoms with Crippen molar-refractivity contribution in [2.75, 3.05) is 5.73 Å². The smallest absolute Gasteiger partial charge is 0.416 e. The molecular formula is C16H16F3NO. The van der Waals surface area contributed by atoms with Crippen LogP contribution in [0, 0.1) is 0 Å². The van der Waals surface area contributed by atoms with Crippen molar-refractivity contribution in [1.29, 1.82) is 0 Å². The summed E-state index contributed by atoms with van der Waals surface area (Å²) >= 11 is 0. The Morgan fingerprint density at radius 2 is 1.71 bits per heavy atom. The van der Waals surface area contributed by atoms with Gasteiger partial charge in [0.05, 0.1) is 5.56 Å². The van der Waals surface area contributed by atoms with E-state index in [1.165, 1.54) is 6.07 Å². The molecule has 0 heterocycles. The second kappa shape index (κ2) is 5.68. The first-order valence-corrected chi connectivity index (χ1v) is 6.51. The molecule has 5 heteroatoms. The Labute approximate surface area is 121 Å². The average Bonchev–Trinajstić information content (AvgIpc) is 2.37. The molecule has 2 rings (SSSR count). The number of nitrogen functional groups attached to an aromatic ring is 1. The van der Waals surface area contributed by atoms with E-state index < -0.39 is 11.7 Å². The first kappa shape index (κ1) is 15.2. The van der Waals surface area contributed by atoms with Crippen molar-refractivity contribution in [2.24, 2.45) is 0 Å². The van der Waals surface area contributed by atoms with Gasteiger partial charge in [0.2, 0.25) is 0 Å². The zero-order valence-corrected chi connectivity index (χ0v) is 11.7. The molecule has 0 atom stereocenters. The number of benzene rings is 2. The Hall–Kier alpha value is -2.17. The average molecular weight is 295 g/mol. The molecule has 112 valence electrons. The molecule has 2 aromatic rings. The largest absolute Gasteiger partial charge is 0.457 e. The Bertz CT molecular complexity index is 636. The molecule has 0 spiro atoms. The number of alkyl halides is 3. The highest BCUT2D eigenvalue weighted by Crippen LogP contribution is 2.35. The molecule has 21 heavy (non-hydrogen) atoms. The lowest BCUT2D eigenvalue weighted by atomic mass is 10.0. The van der Waals surface area contributed by atoms with Gasteiger partial charge in [-0.1, -0.05) is 26.0 Å². The van der Waals surface area contributed by atoms with Gasteiger partial charge in [-0.05, 0) is 35.7 Å². The molecule has 2 aromatic carbocycles. The minimum atomic E-state index is -4.45. The number of ether oxygens (including phenoxy) is 1. The van der Waals surface area contributed by atoms with Crippen LogP contribution in [-0.2, 0) is 6.18 Å². The highest BCUT2D eigenvalue weighted by atomic mass is 19.4. The number of rotatable bonds is 3. The molecule has 0 radical (unpaired) electrons. The van der Waals surface area contributed by atoms with E-state index >= 15 is 0 Å². The van der Waals surface area contributed by atoms with Crippen molar-refractivity contribution in [3.05, 3.63) is 53.6 Å². The molecule has 0 aliphatic heterocycles. The minimum absolute atomic E-state index is 0.0137. The van der Waals surface area contributed by atoms with Gasteiger partial charge < -0.3 is 10.5 Å². The summed E-state index contributed by atoms with van der Waals surface area (Å²) in [5.41, 5.74) is 5.75. The van der Waals surface area contributed by atoms with Gasteiger partial charge in [-0.2, -0.15) is 13.2 Å². The number of hydrogen-bond acceptors (Lipinski definition) is 2. The topological polar surface area (TPSA) is 35.2 Å². The predicted molar refractivity (Wildman–Crippen MR) is 76.5 cm³/mol. The first-order valence-electron chi connectivity index (χ1n) is 6.51. The third-order valence-corrected chi connectivity index (χ3v) is 3.02. The normalized spacial score (nSPS) is 11.7. The summed E-state index contributed by atoms with van der Waals surface area (Å²) in [5, 5.41) is 0. The Balaban J connectivity index is 2.31. The van der Waals surface area contributed by atoms with Gasteiger partial charge in [0.25, 0.3) is 0 Å². The molecule has 2 nitrogen and oxygen atoms in total. The molecule has 0 aromatic heterocycles. The van der Waals surface area contributed by atoms with Crippen LogP contribution in [0.4, 0.5) is 18.9 Å². The van der Waals surface area contributed by atoms with Crippen molar-refractivity contribution in [2.45, 2.75) is 25.9 Å². The maximum atomic E-state index is 12.7. The summed E-state index contributed by atoms with van der Waals surface area (Å²) in [4.78, 5) is 0. The fourth-order valence-electron chi connectivity index (χ4n) is 1.92. The second-order valence-electron chi connectivity index (χ2n) is 5.12. The van der Waals surface area contributed by atoms with Gasteiger partial charge in [-0.15, -0.1) is 0 Å². The standard InChI is InChI=1S/C16H16F3NO/c1-10(2)11-4-3-5-14(6-11)21-15-8-12(16(17,18)19)7-13(20)9-15/h3-10H,20H2,1-2H3. The summed E-state index contributed by atoms with van der Waals surface area (Å²) < 4.78 is 43.7. The SMILES string of the molecule is CC(C)c1cccc(Oc2cc(N)cc(C(F)(F)F)c2)c1. The second-order valence-corrected chi connectivity index (χ2v) is 5.12. The summed E-state index contributed by atoms with van der Waals surface area (Å²) in [6.45, 7) is 4.06. The molecule has 2 N–H and O–H groups in total. The van der Waals surface area contributed by atoms with Crippen LogP contribution in [-0.4, -0.2) is 0 Å². The van der Waals surface area contributed by atoms with E-state index in [2.05, 4.69) is 0 Å². The fraction of sp³-hybridized carbons (Fsp3) is 0.250. The molecule has 0 saturated heterocycles. The molecular weight excluding hydrogens is 279 g/mol. The van der Waals surface area contributed by atoms with Crippen molar-refractivity contribution < 1.29 is 17.9 Å². The van der Waals surface area contributed by atoms with Crippen LogP contribution in [0.15, 0.2) is 42.5 Å². The fourth-order valence-corrected chi connectivity index (χ4v) is 1.92. The molecule has 0 aliphatic rings. The van der Waals surface area contributed by atoms with Crippen molar-refractivity contribution in [1.82, 2.24) is 0 Å². The van der Waals surface area contributed by atoms with E-state index in [-0.39, 0.29) is 11.4 Å². The van der Waals surface area contributed by atoms with Crippen LogP contribution in [0.3, 0.4) is 0 Å². The van der Waals surface area contributed by atoms with Gasteiger partial charge >= 0.3 is 6.18 Å². The van der Waals surface area contributed by atoms with Crippen LogP contribution in [0.1, 0.15) is 30.9 Å². The summed E-state index contributed by atoms with van der Waals surface area (Å²) in [6, 6.07) is 10.5. The Morgan fingerprint density at radius 3 is 2.33 bits per heavy atom. The third kappa shape index (κ3) is 3.90. The Morgan fingerprint density at radius 1 is 1.00 bits per heavy atom. The number of hydrogen-bond donors (Lipinski definition) is 1. The number of halogens is 3. The lowest BCUT2D eigenvalue weighted by Gasteiger charge is -2.13. The maximum absolute atomic E-state index is 12.7. The van der Waals surface area contributed by atoms with Crippen LogP contribution in [0.25, 0.3) is 0 Å². The van der Waals surface area contributed by atoms with E-state index in [1.54, 1.807) is 12.1 Å². The van der Waals surface area contributed by atoms with E-state index in [9.17, 15) is 13.2 Å². The van der Waals surface area contributed by atoms with Crippen molar-refractivity contribution in [3.63, 3.8) is 0 Å². The number of anilines is 1. The van der Waals surface area contributed by atoms with Gasteiger partial charge in [0.15, 0.2) is 0 Å². The van der Waals surface area contributed by atoms with Crippen molar-refractivity contribution >= 4 is 5.69 Å². The number of nitrogens with two attached hydrogens (primary N) is 1. The highest BCUT2D eigenvalue weighted by molar-refractivity contribution is 5.49. The van der Waals surface area contributed by atoms with Gasteiger partial charge in [-0.25, -0.2) is 0 Å². The van der Waals surface area contributed by atoms with Crippen LogP contribution < -0.4 is 10.5 Å². The van der Waals surface area contributed by atoms with E-state index in [0.717, 1.165) is 17.7 Å². The molecule has 0 aliphatic carbocycles. The van der Waals surface area contributed by atoms with Crippen LogP contribution in [0.5, 0.6) is 11.5 Å². The summed E-state index contributed by atoms with van der Waals surface area (Å²) in [6.07, 6.45) is -4.45. The molecule has 0 saturated carbocycles. The highest BCUT2D eigenvalue weighted by Gasteiger charge is 2.31. The molecule has 0 fully saturated rings. The van der Waals surface area contributed by atoms with E-state index in [0.29, 0.717) is 11.7 Å². The van der Waals surface area contributed by atoms with Gasteiger partial charge in [0.1, 0.15) is 11.5 Å². The van der Waals surface area contributed by atoms with Gasteiger partial charge in [-0.3, -0.25) is 0 Å². The zero-order valence-electron chi connectivity index (χ0n) is 11.7. The van der Waals surface area contributed by atoms with E-state index in [4.69, 9.17) is 10.5 Å². The van der Waals surface area contributed by atoms with Gasteiger partial charge in [0, 0.05) is 11.8 Å². The van der Waals surface area contributed by atoms with Crippen LogP contribution >= 0.6 is 0 Å². The predicted octanol–water partition coefficient (Wildman–Crippen LogP) is 5.20. The van der Waals surface area contributed by atoms with Crippen molar-refractivity contribution in [3.8, 4) is 11.5 Å². The quantitative estimate of drug-likeness (QED) is 0.789. The molecule has 0 unspecified atom stereocenters. The lowest BCUT2D eigenvalue weighted by molar-refractivity contribution is -0.137. The van der Waals surface area contributed by atoms with Crippen LogP contribution in [0.2, 0.25) is 0 Å². The molecule has 0 amide bonds. The first-order chi connectivity index (χ1) is 9.75. The summed E-state index contributed by atoms with van der Waals surface area (Å²) in [7, 11) is 0. The third-order valence-electron chi connectivity index (χ3n) is 3.02. The lowest BCUT2D eigenvalue weighted by Crippen LogP contribution is -2.06. The monoisotopic (exact) mass is 295 g/mol. The summed E-state index contributed by atoms with van der Waals surface area (Å²) in [5.74, 6) is 0.864. The minimum Gasteiger partial charge on any atom is -0.457 e.